The van der Waals surface area contributed by atoms with Gasteiger partial charge in [0.1, 0.15) is 0 Å². The highest BCUT2D eigenvalue weighted by molar-refractivity contribution is 4.62. The van der Waals surface area contributed by atoms with Crippen LogP contribution in [0.15, 0.2) is 0 Å². The van der Waals surface area contributed by atoms with E-state index in [2.05, 4.69) is 6.92 Å². The molecule has 0 heterocycles. The molecular weight excluding hydrogens is 198 g/mol. The summed E-state index contributed by atoms with van der Waals surface area (Å²) in [6.45, 7) is 4.71. The highest BCUT2D eigenvalue weighted by Crippen LogP contribution is 2.10. The van der Waals surface area contributed by atoms with E-state index in [1.165, 1.54) is 0 Å². The van der Waals surface area contributed by atoms with Crippen molar-refractivity contribution in [2.24, 2.45) is 11.7 Å². The van der Waals surface area contributed by atoms with Crippen molar-refractivity contribution in [3.8, 4) is 0 Å². The quantitative estimate of drug-likeness (QED) is 0.683. The predicted octanol–water partition coefficient (Wildman–Crippen LogP) is 2.34. The number of nitrogens with zero attached hydrogens (tertiary/aromatic N) is 1. The van der Waals surface area contributed by atoms with E-state index in [4.69, 9.17) is 5.73 Å². The van der Waals surface area contributed by atoms with E-state index in [0.717, 1.165) is 25.8 Å². The van der Waals surface area contributed by atoms with E-state index in [-0.39, 0.29) is 12.6 Å². The van der Waals surface area contributed by atoms with Gasteiger partial charge in [0.2, 0.25) is 0 Å². The van der Waals surface area contributed by atoms with E-state index in [9.17, 15) is 8.78 Å². The molecule has 2 N–H and O–H groups in total. The normalized spacial score (nSPS) is 16.0. The lowest BCUT2D eigenvalue weighted by Gasteiger charge is -2.21. The Hall–Kier alpha value is -0.220. The van der Waals surface area contributed by atoms with Gasteiger partial charge in [0.15, 0.2) is 0 Å². The second kappa shape index (κ2) is 7.99. The summed E-state index contributed by atoms with van der Waals surface area (Å²) < 4.78 is 24.1. The number of hydrogen-bond acceptors (Lipinski definition) is 2. The Balaban J connectivity index is 3.50. The summed E-state index contributed by atoms with van der Waals surface area (Å²) in [4.78, 5) is 1.70. The zero-order chi connectivity index (χ0) is 11.8. The fourth-order valence-corrected chi connectivity index (χ4v) is 1.72. The monoisotopic (exact) mass is 222 g/mol. The Labute approximate surface area is 91.8 Å². The molecule has 0 fully saturated rings. The summed E-state index contributed by atoms with van der Waals surface area (Å²) >= 11 is 0. The molecule has 0 aliphatic carbocycles. The minimum Gasteiger partial charge on any atom is -0.328 e. The predicted molar refractivity (Wildman–Crippen MR) is 60.2 cm³/mol. The van der Waals surface area contributed by atoms with E-state index in [1.807, 2.05) is 6.92 Å². The van der Waals surface area contributed by atoms with Gasteiger partial charge in [-0.3, -0.25) is 0 Å². The molecular formula is C11H24F2N2. The second-order valence-corrected chi connectivity index (χ2v) is 4.63. The maximum Gasteiger partial charge on any atom is 0.251 e. The number of halogens is 2. The number of nitrogens with two attached hydrogens (primary N) is 1. The van der Waals surface area contributed by atoms with Gasteiger partial charge in [-0.05, 0) is 32.7 Å². The molecule has 2 nitrogen and oxygen atoms in total. The topological polar surface area (TPSA) is 29.3 Å². The highest BCUT2D eigenvalue weighted by Gasteiger charge is 2.11. The van der Waals surface area contributed by atoms with Crippen LogP contribution in [0.25, 0.3) is 0 Å². The molecule has 2 unspecified atom stereocenters. The summed E-state index contributed by atoms with van der Waals surface area (Å²) in [7, 11) is 1.74. The van der Waals surface area contributed by atoms with Gasteiger partial charge in [0.25, 0.3) is 6.43 Å². The summed E-state index contributed by atoms with van der Waals surface area (Å²) in [5, 5.41) is 0. The van der Waals surface area contributed by atoms with Crippen LogP contribution in [0.3, 0.4) is 0 Å². The Morgan fingerprint density at radius 2 is 1.73 bits per heavy atom. The van der Waals surface area contributed by atoms with Crippen molar-refractivity contribution in [1.82, 2.24) is 4.90 Å². The molecule has 4 heteroatoms. The lowest BCUT2D eigenvalue weighted by atomic mass is 10.0. The van der Waals surface area contributed by atoms with Crippen LogP contribution >= 0.6 is 0 Å². The van der Waals surface area contributed by atoms with Crippen LogP contribution in [-0.4, -0.2) is 37.5 Å². The van der Waals surface area contributed by atoms with E-state index >= 15 is 0 Å². The fraction of sp³-hybridized carbons (Fsp3) is 1.00. The molecule has 0 amide bonds. The van der Waals surface area contributed by atoms with E-state index in [1.54, 1.807) is 11.9 Å². The Morgan fingerprint density at radius 3 is 2.20 bits per heavy atom. The van der Waals surface area contributed by atoms with Gasteiger partial charge in [0.05, 0.1) is 6.54 Å². The van der Waals surface area contributed by atoms with E-state index < -0.39 is 6.43 Å². The fourth-order valence-electron chi connectivity index (χ4n) is 1.72. The molecule has 0 aliphatic heterocycles. The lowest BCUT2D eigenvalue weighted by Crippen LogP contribution is -2.29. The molecule has 0 aromatic carbocycles. The Bertz CT molecular complexity index is 152. The zero-order valence-electron chi connectivity index (χ0n) is 10.0. The van der Waals surface area contributed by atoms with Crippen molar-refractivity contribution < 1.29 is 8.78 Å². The minimum atomic E-state index is -2.23. The molecule has 0 spiro atoms. The van der Waals surface area contributed by atoms with Gasteiger partial charge < -0.3 is 10.6 Å². The van der Waals surface area contributed by atoms with Gasteiger partial charge >= 0.3 is 0 Å². The van der Waals surface area contributed by atoms with Gasteiger partial charge in [0, 0.05) is 12.6 Å². The molecule has 0 aromatic rings. The van der Waals surface area contributed by atoms with Crippen LogP contribution in [0.1, 0.15) is 33.1 Å². The summed E-state index contributed by atoms with van der Waals surface area (Å²) in [5.41, 5.74) is 5.64. The summed E-state index contributed by atoms with van der Waals surface area (Å²) in [5.74, 6) is 0.465. The molecule has 92 valence electrons. The van der Waals surface area contributed by atoms with Crippen LogP contribution in [-0.2, 0) is 0 Å². The van der Waals surface area contributed by atoms with Crippen molar-refractivity contribution >= 4 is 0 Å². The van der Waals surface area contributed by atoms with Gasteiger partial charge in [-0.2, -0.15) is 0 Å². The smallest absolute Gasteiger partial charge is 0.251 e. The first-order chi connectivity index (χ1) is 6.91. The maximum absolute atomic E-state index is 12.0. The highest BCUT2D eigenvalue weighted by atomic mass is 19.3. The van der Waals surface area contributed by atoms with E-state index in [0.29, 0.717) is 5.92 Å². The van der Waals surface area contributed by atoms with Crippen LogP contribution < -0.4 is 5.73 Å². The first-order valence-corrected chi connectivity index (χ1v) is 5.64. The maximum atomic E-state index is 12.0. The van der Waals surface area contributed by atoms with Gasteiger partial charge in [-0.1, -0.05) is 13.3 Å². The molecule has 0 saturated carbocycles. The average Bonchev–Trinajstić information content (AvgIpc) is 2.00. The second-order valence-electron chi connectivity index (χ2n) is 4.63. The molecule has 0 bridgehead atoms. The number of hydrogen-bond donors (Lipinski definition) is 1. The van der Waals surface area contributed by atoms with Crippen molar-refractivity contribution in [2.75, 3.05) is 20.1 Å². The third kappa shape index (κ3) is 10.1. The first-order valence-electron chi connectivity index (χ1n) is 5.64. The first kappa shape index (κ1) is 14.8. The van der Waals surface area contributed by atoms with Crippen LogP contribution in [0.2, 0.25) is 0 Å². The SMILES string of the molecule is CC(N)CCCC(C)CN(C)CC(F)F. The molecule has 0 radical (unpaired) electrons. The van der Waals surface area contributed by atoms with Crippen molar-refractivity contribution in [3.63, 3.8) is 0 Å². The lowest BCUT2D eigenvalue weighted by molar-refractivity contribution is 0.0935. The van der Waals surface area contributed by atoms with Crippen molar-refractivity contribution in [2.45, 2.75) is 45.6 Å². The third-order valence-electron chi connectivity index (χ3n) is 2.43. The van der Waals surface area contributed by atoms with Gasteiger partial charge in [-0.15, -0.1) is 0 Å². The molecule has 0 rings (SSSR count). The van der Waals surface area contributed by atoms with Crippen molar-refractivity contribution in [1.29, 1.82) is 0 Å². The zero-order valence-corrected chi connectivity index (χ0v) is 10.0. The van der Waals surface area contributed by atoms with Crippen LogP contribution in [0.5, 0.6) is 0 Å². The molecule has 0 saturated heterocycles. The number of alkyl halides is 2. The molecule has 15 heavy (non-hydrogen) atoms. The van der Waals surface area contributed by atoms with Crippen molar-refractivity contribution in [3.05, 3.63) is 0 Å². The standard InChI is InChI=1S/C11H24F2N2/c1-9(5-4-6-10(2)14)7-15(3)8-11(12)13/h9-11H,4-8,14H2,1-3H3. The van der Waals surface area contributed by atoms with Gasteiger partial charge in [-0.25, -0.2) is 8.78 Å². The Morgan fingerprint density at radius 1 is 1.13 bits per heavy atom. The Kier molecular flexibility index (Phi) is 7.88. The molecule has 0 aliphatic rings. The third-order valence-corrected chi connectivity index (χ3v) is 2.43. The van der Waals surface area contributed by atoms with Crippen LogP contribution in [0.4, 0.5) is 8.78 Å². The number of rotatable bonds is 8. The molecule has 2 atom stereocenters. The summed E-state index contributed by atoms with van der Waals surface area (Å²) in [6.07, 6.45) is 0.936. The largest absolute Gasteiger partial charge is 0.328 e. The average molecular weight is 222 g/mol. The minimum absolute atomic E-state index is 0.127. The molecule has 0 aromatic heterocycles. The van der Waals surface area contributed by atoms with Crippen LogP contribution in [0, 0.1) is 5.92 Å². The summed E-state index contributed by atoms with van der Waals surface area (Å²) in [6, 6.07) is 0.246.